The molecule has 0 aromatic carbocycles. The molecule has 24 heavy (non-hydrogen) atoms. The zero-order valence-corrected chi connectivity index (χ0v) is 12.8. The fourth-order valence-electron chi connectivity index (χ4n) is 1.69. The van der Waals surface area contributed by atoms with E-state index >= 15 is 0 Å². The molecule has 2 heterocycles. The Labute approximate surface area is 135 Å². The highest BCUT2D eigenvalue weighted by Gasteiger charge is 2.28. The highest BCUT2D eigenvalue weighted by molar-refractivity contribution is 6.03. The number of carbonyl (C=O) groups excluding carboxylic acids is 1. The molecule has 0 unspecified atom stereocenters. The lowest BCUT2D eigenvalue weighted by Gasteiger charge is -2.09. The van der Waals surface area contributed by atoms with Crippen molar-refractivity contribution >= 4 is 17.5 Å². The summed E-state index contributed by atoms with van der Waals surface area (Å²) in [4.78, 5) is 23.9. The van der Waals surface area contributed by atoms with Crippen LogP contribution in [0, 0.1) is 6.92 Å². The maximum atomic E-state index is 12.1. The first-order valence-corrected chi connectivity index (χ1v) is 6.77. The second kappa shape index (κ2) is 7.11. The van der Waals surface area contributed by atoms with Crippen molar-refractivity contribution in [3.05, 3.63) is 35.8 Å². The second-order valence-corrected chi connectivity index (χ2v) is 4.71. The topological polar surface area (TPSA) is 89.0 Å². The van der Waals surface area contributed by atoms with Gasteiger partial charge >= 0.3 is 6.18 Å². The highest BCUT2D eigenvalue weighted by atomic mass is 19.4. The normalized spacial score (nSPS) is 11.0. The van der Waals surface area contributed by atoms with Gasteiger partial charge in [-0.15, -0.1) is 0 Å². The van der Waals surface area contributed by atoms with Crippen LogP contribution in [0.5, 0.6) is 5.88 Å². The zero-order chi connectivity index (χ0) is 17.7. The van der Waals surface area contributed by atoms with E-state index in [-0.39, 0.29) is 11.6 Å². The Bertz CT molecular complexity index is 719. The minimum absolute atomic E-state index is 0.143. The Morgan fingerprint density at radius 3 is 2.62 bits per heavy atom. The van der Waals surface area contributed by atoms with Crippen LogP contribution in [0.25, 0.3) is 0 Å². The van der Waals surface area contributed by atoms with E-state index in [4.69, 9.17) is 0 Å². The number of pyridine rings is 1. The first kappa shape index (κ1) is 17.4. The van der Waals surface area contributed by atoms with E-state index < -0.39 is 18.7 Å². The summed E-state index contributed by atoms with van der Waals surface area (Å²) in [6.07, 6.45) is -3.25. The van der Waals surface area contributed by atoms with Gasteiger partial charge in [0.1, 0.15) is 5.69 Å². The largest absolute Gasteiger partial charge is 0.468 e. The number of halogens is 3. The molecule has 0 spiro atoms. The van der Waals surface area contributed by atoms with Crippen molar-refractivity contribution < 1.29 is 22.7 Å². The van der Waals surface area contributed by atoms with Gasteiger partial charge in [0.05, 0.1) is 11.9 Å². The minimum Gasteiger partial charge on any atom is -0.468 e. The maximum absolute atomic E-state index is 12.1. The summed E-state index contributed by atoms with van der Waals surface area (Å²) < 4.78 is 40.6. The Balaban J connectivity index is 2.03. The number of amides is 1. The SMILES string of the molecule is CNc1nc(C)cc(C(=O)Nc2ccc(OCC(F)(F)F)nc2)n1. The predicted octanol–water partition coefficient (Wildman–Crippen LogP) is 2.42. The number of alkyl halides is 3. The quantitative estimate of drug-likeness (QED) is 0.868. The van der Waals surface area contributed by atoms with Crippen molar-refractivity contribution in [3.63, 3.8) is 0 Å². The van der Waals surface area contributed by atoms with Gasteiger partial charge in [0.15, 0.2) is 6.61 Å². The number of carbonyl (C=O) groups is 1. The lowest BCUT2D eigenvalue weighted by molar-refractivity contribution is -0.154. The summed E-state index contributed by atoms with van der Waals surface area (Å²) in [7, 11) is 1.63. The molecule has 1 amide bonds. The molecule has 2 N–H and O–H groups in total. The Morgan fingerprint density at radius 1 is 1.29 bits per heavy atom. The second-order valence-electron chi connectivity index (χ2n) is 4.71. The van der Waals surface area contributed by atoms with E-state index in [1.165, 1.54) is 24.4 Å². The molecule has 0 saturated carbocycles. The molecule has 0 saturated heterocycles. The van der Waals surface area contributed by atoms with Gasteiger partial charge in [-0.25, -0.2) is 15.0 Å². The molecule has 0 aliphatic heterocycles. The number of hydrogen-bond acceptors (Lipinski definition) is 6. The highest BCUT2D eigenvalue weighted by Crippen LogP contribution is 2.18. The van der Waals surface area contributed by atoms with Gasteiger partial charge in [-0.05, 0) is 19.1 Å². The van der Waals surface area contributed by atoms with Crippen LogP contribution >= 0.6 is 0 Å². The molecule has 0 radical (unpaired) electrons. The molecule has 128 valence electrons. The van der Waals surface area contributed by atoms with Crippen molar-refractivity contribution in [1.82, 2.24) is 15.0 Å². The summed E-state index contributed by atoms with van der Waals surface area (Å²) in [5.41, 5.74) is 1.04. The molecule has 2 aromatic heterocycles. The van der Waals surface area contributed by atoms with Gasteiger partial charge in [-0.2, -0.15) is 13.2 Å². The van der Waals surface area contributed by atoms with Crippen LogP contribution in [-0.2, 0) is 0 Å². The van der Waals surface area contributed by atoms with Crippen LogP contribution in [0.3, 0.4) is 0 Å². The van der Waals surface area contributed by atoms with Crippen molar-refractivity contribution in [2.75, 3.05) is 24.3 Å². The molecule has 0 atom stereocenters. The number of aromatic nitrogens is 3. The monoisotopic (exact) mass is 341 g/mol. The van der Waals surface area contributed by atoms with E-state index in [0.717, 1.165) is 0 Å². The van der Waals surface area contributed by atoms with Crippen molar-refractivity contribution in [3.8, 4) is 5.88 Å². The molecule has 2 aromatic rings. The Morgan fingerprint density at radius 2 is 2.04 bits per heavy atom. The van der Waals surface area contributed by atoms with Crippen LogP contribution in [-0.4, -0.2) is 40.7 Å². The fourth-order valence-corrected chi connectivity index (χ4v) is 1.69. The van der Waals surface area contributed by atoms with Crippen molar-refractivity contribution in [2.24, 2.45) is 0 Å². The van der Waals surface area contributed by atoms with Gasteiger partial charge in [0, 0.05) is 18.8 Å². The number of hydrogen-bond donors (Lipinski definition) is 2. The first-order chi connectivity index (χ1) is 11.3. The van der Waals surface area contributed by atoms with E-state index in [9.17, 15) is 18.0 Å². The number of aryl methyl sites for hydroxylation is 1. The summed E-state index contributed by atoms with van der Waals surface area (Å²) in [5.74, 6) is -0.391. The number of nitrogens with zero attached hydrogens (tertiary/aromatic N) is 3. The lowest BCUT2D eigenvalue weighted by Crippen LogP contribution is -2.19. The third-order valence-electron chi connectivity index (χ3n) is 2.69. The van der Waals surface area contributed by atoms with E-state index in [1.54, 1.807) is 14.0 Å². The average Bonchev–Trinajstić information content (AvgIpc) is 2.52. The number of rotatable bonds is 5. The molecule has 2 rings (SSSR count). The molecular formula is C14H14F3N5O2. The summed E-state index contributed by atoms with van der Waals surface area (Å²) >= 11 is 0. The van der Waals surface area contributed by atoms with E-state index in [2.05, 4.69) is 30.3 Å². The molecule has 10 heteroatoms. The Hall–Kier alpha value is -2.91. The van der Waals surface area contributed by atoms with Crippen molar-refractivity contribution in [1.29, 1.82) is 0 Å². The number of anilines is 2. The maximum Gasteiger partial charge on any atom is 0.422 e. The third kappa shape index (κ3) is 5.07. The van der Waals surface area contributed by atoms with Gasteiger partial charge in [0.2, 0.25) is 11.8 Å². The Kier molecular flexibility index (Phi) is 5.17. The van der Waals surface area contributed by atoms with Gasteiger partial charge < -0.3 is 15.4 Å². The van der Waals surface area contributed by atoms with Crippen LogP contribution in [0.1, 0.15) is 16.2 Å². The van der Waals surface area contributed by atoms with E-state index in [1.807, 2.05) is 0 Å². The number of nitrogens with one attached hydrogen (secondary N) is 2. The average molecular weight is 341 g/mol. The van der Waals surface area contributed by atoms with E-state index in [0.29, 0.717) is 17.3 Å². The standard InChI is InChI=1S/C14H14F3N5O2/c1-8-5-10(22-13(18-2)20-8)12(23)21-9-3-4-11(19-6-9)24-7-14(15,16)17/h3-6H,7H2,1-2H3,(H,21,23)(H,18,20,22). The predicted molar refractivity (Wildman–Crippen MR) is 80.1 cm³/mol. The van der Waals surface area contributed by atoms with Gasteiger partial charge in [-0.1, -0.05) is 0 Å². The fraction of sp³-hybridized carbons (Fsp3) is 0.286. The van der Waals surface area contributed by atoms with Crippen LogP contribution in [0.4, 0.5) is 24.8 Å². The van der Waals surface area contributed by atoms with Gasteiger partial charge in [-0.3, -0.25) is 4.79 Å². The lowest BCUT2D eigenvalue weighted by atomic mass is 10.3. The molecule has 0 aliphatic rings. The van der Waals surface area contributed by atoms with Crippen LogP contribution < -0.4 is 15.4 Å². The molecule has 0 fully saturated rings. The van der Waals surface area contributed by atoms with Crippen LogP contribution in [0.2, 0.25) is 0 Å². The summed E-state index contributed by atoms with van der Waals surface area (Å²) in [6.45, 7) is 0.284. The van der Waals surface area contributed by atoms with Crippen LogP contribution in [0.15, 0.2) is 24.4 Å². The molecular weight excluding hydrogens is 327 g/mol. The number of ether oxygens (including phenoxy) is 1. The smallest absolute Gasteiger partial charge is 0.422 e. The minimum atomic E-state index is -4.44. The summed E-state index contributed by atoms with van der Waals surface area (Å²) in [5, 5.41) is 5.28. The third-order valence-corrected chi connectivity index (χ3v) is 2.69. The van der Waals surface area contributed by atoms with Crippen molar-refractivity contribution in [2.45, 2.75) is 13.1 Å². The first-order valence-electron chi connectivity index (χ1n) is 6.77. The molecule has 0 bridgehead atoms. The van der Waals surface area contributed by atoms with Gasteiger partial charge in [0.25, 0.3) is 5.91 Å². The molecule has 0 aliphatic carbocycles. The molecule has 7 nitrogen and oxygen atoms in total. The summed E-state index contributed by atoms with van der Waals surface area (Å²) in [6, 6.07) is 4.11. The zero-order valence-electron chi connectivity index (χ0n) is 12.8.